The number of phenolic OH excluding ortho intramolecular Hbond substituents is 1. The number of para-hydroxylation sites is 1. The molecule has 3 rings (SSSR count). The van der Waals surface area contributed by atoms with Gasteiger partial charge in [0, 0.05) is 16.5 Å². The third-order valence-electron chi connectivity index (χ3n) is 4.18. The molecule has 0 aliphatic heterocycles. The molecule has 0 bridgehead atoms. The van der Waals surface area contributed by atoms with E-state index >= 15 is 0 Å². The average Bonchev–Trinajstić information content (AvgIpc) is 3.17. The first-order valence-corrected chi connectivity index (χ1v) is 9.98. The van der Waals surface area contributed by atoms with Crippen LogP contribution < -0.4 is 5.32 Å². The van der Waals surface area contributed by atoms with E-state index in [-0.39, 0.29) is 28.5 Å². The molecule has 6 nitrogen and oxygen atoms in total. The summed E-state index contributed by atoms with van der Waals surface area (Å²) in [4.78, 5) is 25.3. The monoisotopic (exact) mass is 418 g/mol. The lowest BCUT2D eigenvalue weighted by atomic mass is 10.0. The van der Waals surface area contributed by atoms with Gasteiger partial charge in [-0.25, -0.2) is 4.79 Å². The Morgan fingerprint density at radius 3 is 2.53 bits per heavy atom. The van der Waals surface area contributed by atoms with Crippen LogP contribution >= 0.6 is 11.3 Å². The lowest BCUT2D eigenvalue weighted by Crippen LogP contribution is -2.16. The van der Waals surface area contributed by atoms with Crippen molar-refractivity contribution < 1.29 is 19.4 Å². The molecular formula is C23H18N2O4S. The zero-order chi connectivity index (χ0) is 21.5. The number of nitrogens with one attached hydrogen (secondary N) is 1. The molecule has 0 spiro atoms. The number of hydrogen-bond donors (Lipinski definition) is 2. The number of amides is 1. The number of rotatable bonds is 6. The average molecular weight is 418 g/mol. The standard InChI is InChI=1S/C23H18N2O4S/c1-2-29-23(28)20-18(15-8-4-3-5-9-15)14-30-22(20)25-21(27)17(13-24)12-16-10-6-7-11-19(16)26/h3-12,14,26H,2H2,1H3,(H,25,27)/b17-12+. The molecule has 1 heterocycles. The maximum Gasteiger partial charge on any atom is 0.341 e. The van der Waals surface area contributed by atoms with Gasteiger partial charge in [0.1, 0.15) is 28.0 Å². The minimum Gasteiger partial charge on any atom is -0.507 e. The summed E-state index contributed by atoms with van der Waals surface area (Å²) in [5, 5.41) is 24.0. The van der Waals surface area contributed by atoms with Gasteiger partial charge in [0.25, 0.3) is 5.91 Å². The molecule has 3 aromatic rings. The van der Waals surface area contributed by atoms with Gasteiger partial charge in [0.2, 0.25) is 0 Å². The quantitative estimate of drug-likeness (QED) is 0.339. The molecule has 0 aliphatic carbocycles. The van der Waals surface area contributed by atoms with E-state index in [0.717, 1.165) is 5.56 Å². The molecule has 2 aromatic carbocycles. The Bertz CT molecular complexity index is 1140. The summed E-state index contributed by atoms with van der Waals surface area (Å²) in [5.74, 6) is -1.29. The summed E-state index contributed by atoms with van der Waals surface area (Å²) >= 11 is 1.17. The molecule has 30 heavy (non-hydrogen) atoms. The van der Waals surface area contributed by atoms with Crippen LogP contribution in [0.1, 0.15) is 22.8 Å². The molecule has 1 amide bonds. The second-order valence-corrected chi connectivity index (χ2v) is 7.00. The Labute approximate surface area is 177 Å². The maximum absolute atomic E-state index is 12.7. The van der Waals surface area contributed by atoms with E-state index in [2.05, 4.69) is 5.32 Å². The summed E-state index contributed by atoms with van der Waals surface area (Å²) in [5.41, 5.74) is 1.81. The van der Waals surface area contributed by atoms with Crippen molar-refractivity contribution in [2.75, 3.05) is 11.9 Å². The number of thiophene rings is 1. The first-order valence-electron chi connectivity index (χ1n) is 9.10. The lowest BCUT2D eigenvalue weighted by molar-refractivity contribution is -0.112. The molecule has 0 saturated heterocycles. The largest absolute Gasteiger partial charge is 0.507 e. The first kappa shape index (κ1) is 20.8. The van der Waals surface area contributed by atoms with E-state index in [0.29, 0.717) is 11.1 Å². The molecule has 7 heteroatoms. The summed E-state index contributed by atoms with van der Waals surface area (Å²) in [6, 6.07) is 17.5. The van der Waals surface area contributed by atoms with Crippen LogP contribution in [0, 0.1) is 11.3 Å². The van der Waals surface area contributed by atoms with E-state index in [1.165, 1.54) is 23.5 Å². The van der Waals surface area contributed by atoms with Gasteiger partial charge in [0.05, 0.1) is 6.61 Å². The molecule has 1 aromatic heterocycles. The van der Waals surface area contributed by atoms with E-state index < -0.39 is 11.9 Å². The fourth-order valence-corrected chi connectivity index (χ4v) is 3.72. The normalized spacial score (nSPS) is 10.9. The number of ether oxygens (including phenoxy) is 1. The lowest BCUT2D eigenvalue weighted by Gasteiger charge is -2.08. The van der Waals surface area contributed by atoms with Crippen LogP contribution in [-0.2, 0) is 9.53 Å². The second kappa shape index (κ2) is 9.54. The third kappa shape index (κ3) is 4.57. The van der Waals surface area contributed by atoms with Gasteiger partial charge in [-0.2, -0.15) is 5.26 Å². The third-order valence-corrected chi connectivity index (χ3v) is 5.08. The van der Waals surface area contributed by atoms with Crippen LogP contribution in [0.5, 0.6) is 5.75 Å². The number of benzene rings is 2. The van der Waals surface area contributed by atoms with Crippen LogP contribution in [0.15, 0.2) is 65.6 Å². The molecule has 0 radical (unpaired) electrons. The zero-order valence-corrected chi connectivity index (χ0v) is 16.9. The van der Waals surface area contributed by atoms with Gasteiger partial charge in [-0.3, -0.25) is 4.79 Å². The van der Waals surface area contributed by atoms with E-state index in [4.69, 9.17) is 4.74 Å². The number of anilines is 1. The van der Waals surface area contributed by atoms with E-state index in [1.54, 1.807) is 30.5 Å². The fourth-order valence-electron chi connectivity index (χ4n) is 2.77. The molecule has 0 saturated carbocycles. The molecule has 0 fully saturated rings. The highest BCUT2D eigenvalue weighted by Crippen LogP contribution is 2.36. The van der Waals surface area contributed by atoms with Crippen LogP contribution in [0.25, 0.3) is 17.2 Å². The van der Waals surface area contributed by atoms with Gasteiger partial charge < -0.3 is 15.2 Å². The molecular weight excluding hydrogens is 400 g/mol. The maximum atomic E-state index is 12.7. The van der Waals surface area contributed by atoms with Crippen molar-refractivity contribution in [1.82, 2.24) is 0 Å². The summed E-state index contributed by atoms with van der Waals surface area (Å²) in [6.45, 7) is 1.89. The summed E-state index contributed by atoms with van der Waals surface area (Å²) < 4.78 is 5.17. The summed E-state index contributed by atoms with van der Waals surface area (Å²) in [7, 11) is 0. The van der Waals surface area contributed by atoms with Crippen molar-refractivity contribution in [2.24, 2.45) is 0 Å². The Balaban J connectivity index is 1.97. The van der Waals surface area contributed by atoms with Gasteiger partial charge in [0.15, 0.2) is 0 Å². The SMILES string of the molecule is CCOC(=O)c1c(-c2ccccc2)csc1NC(=O)/C(C#N)=C/c1ccccc1O. The van der Waals surface area contributed by atoms with Crippen LogP contribution in [0.2, 0.25) is 0 Å². The smallest absolute Gasteiger partial charge is 0.341 e. The number of carbonyl (C=O) groups excluding carboxylic acids is 2. The predicted octanol–water partition coefficient (Wildman–Crippen LogP) is 4.84. The Morgan fingerprint density at radius 1 is 1.17 bits per heavy atom. The van der Waals surface area contributed by atoms with Crippen molar-refractivity contribution in [3.8, 4) is 22.9 Å². The van der Waals surface area contributed by atoms with Crippen LogP contribution in [0.4, 0.5) is 5.00 Å². The molecule has 0 unspecified atom stereocenters. The number of hydrogen-bond acceptors (Lipinski definition) is 6. The number of esters is 1. The van der Waals surface area contributed by atoms with Crippen LogP contribution in [0.3, 0.4) is 0 Å². The number of nitrogens with zero attached hydrogens (tertiary/aromatic N) is 1. The molecule has 2 N–H and O–H groups in total. The minimum absolute atomic E-state index is 0.0484. The van der Waals surface area contributed by atoms with Crippen molar-refractivity contribution in [3.05, 3.63) is 76.7 Å². The van der Waals surface area contributed by atoms with E-state index in [9.17, 15) is 20.0 Å². The summed E-state index contributed by atoms with van der Waals surface area (Å²) in [6.07, 6.45) is 1.29. The Hall–Kier alpha value is -3.89. The highest BCUT2D eigenvalue weighted by atomic mass is 32.1. The molecule has 0 aliphatic rings. The van der Waals surface area contributed by atoms with Crippen molar-refractivity contribution in [2.45, 2.75) is 6.92 Å². The predicted molar refractivity (Wildman–Crippen MR) is 116 cm³/mol. The topological polar surface area (TPSA) is 99.4 Å². The van der Waals surface area contributed by atoms with Gasteiger partial charge in [-0.05, 0) is 24.6 Å². The first-order chi connectivity index (χ1) is 14.5. The highest BCUT2D eigenvalue weighted by Gasteiger charge is 2.23. The fraction of sp³-hybridized carbons (Fsp3) is 0.0870. The van der Waals surface area contributed by atoms with Crippen molar-refractivity contribution in [1.29, 1.82) is 5.26 Å². The van der Waals surface area contributed by atoms with Crippen LogP contribution in [-0.4, -0.2) is 23.6 Å². The number of nitriles is 1. The van der Waals surface area contributed by atoms with Gasteiger partial charge in [-0.1, -0.05) is 48.5 Å². The molecule has 0 atom stereocenters. The Kier molecular flexibility index (Phi) is 6.63. The zero-order valence-electron chi connectivity index (χ0n) is 16.1. The highest BCUT2D eigenvalue weighted by molar-refractivity contribution is 7.15. The van der Waals surface area contributed by atoms with Gasteiger partial charge in [-0.15, -0.1) is 11.3 Å². The Morgan fingerprint density at radius 2 is 1.87 bits per heavy atom. The number of phenols is 1. The molecule has 150 valence electrons. The van der Waals surface area contributed by atoms with Gasteiger partial charge >= 0.3 is 5.97 Å². The van der Waals surface area contributed by atoms with Crippen molar-refractivity contribution in [3.63, 3.8) is 0 Å². The van der Waals surface area contributed by atoms with E-state index in [1.807, 2.05) is 36.4 Å². The second-order valence-electron chi connectivity index (χ2n) is 6.12. The number of carbonyl (C=O) groups is 2. The minimum atomic E-state index is -0.687. The van der Waals surface area contributed by atoms with Crippen molar-refractivity contribution >= 4 is 34.3 Å². The number of aromatic hydroxyl groups is 1.